The molecule has 2 aromatic rings. The summed E-state index contributed by atoms with van der Waals surface area (Å²) >= 11 is 0. The molecule has 3 nitrogen and oxygen atoms in total. The maximum absolute atomic E-state index is 11.1. The van der Waals surface area contributed by atoms with Crippen molar-refractivity contribution >= 4 is 5.97 Å². The molecule has 0 aliphatic heterocycles. The Labute approximate surface area is 105 Å². The third-order valence-corrected chi connectivity index (χ3v) is 2.91. The third-order valence-electron chi connectivity index (χ3n) is 2.91. The molecule has 0 aliphatic rings. The monoisotopic (exact) mass is 242 g/mol. The quantitative estimate of drug-likeness (QED) is 0.868. The van der Waals surface area contributed by atoms with Crippen molar-refractivity contribution in [3.05, 3.63) is 53.6 Å². The largest absolute Gasteiger partial charge is 0.508 e. The van der Waals surface area contributed by atoms with Gasteiger partial charge in [-0.2, -0.15) is 0 Å². The van der Waals surface area contributed by atoms with Crippen LogP contribution in [-0.4, -0.2) is 16.2 Å². The first-order valence-corrected chi connectivity index (χ1v) is 5.77. The van der Waals surface area contributed by atoms with E-state index in [1.165, 1.54) is 23.8 Å². The lowest BCUT2D eigenvalue weighted by Gasteiger charge is -2.07. The zero-order valence-corrected chi connectivity index (χ0v) is 10.1. The number of hydrogen-bond donors (Lipinski definition) is 2. The molecule has 0 fully saturated rings. The Morgan fingerprint density at radius 3 is 2.33 bits per heavy atom. The van der Waals surface area contributed by atoms with Crippen LogP contribution < -0.4 is 0 Å². The highest BCUT2D eigenvalue weighted by Crippen LogP contribution is 2.28. The van der Waals surface area contributed by atoms with Crippen LogP contribution >= 0.6 is 0 Å². The van der Waals surface area contributed by atoms with E-state index in [0.29, 0.717) is 5.56 Å². The summed E-state index contributed by atoms with van der Waals surface area (Å²) in [5.41, 5.74) is 2.71. The van der Waals surface area contributed by atoms with Crippen molar-refractivity contribution in [3.63, 3.8) is 0 Å². The van der Waals surface area contributed by atoms with Gasteiger partial charge in [0.2, 0.25) is 0 Å². The average molecular weight is 242 g/mol. The van der Waals surface area contributed by atoms with Crippen molar-refractivity contribution in [2.24, 2.45) is 0 Å². The summed E-state index contributed by atoms with van der Waals surface area (Å²) in [7, 11) is 0. The minimum Gasteiger partial charge on any atom is -0.508 e. The van der Waals surface area contributed by atoms with E-state index >= 15 is 0 Å². The number of phenols is 1. The van der Waals surface area contributed by atoms with E-state index in [1.807, 2.05) is 24.3 Å². The summed E-state index contributed by atoms with van der Waals surface area (Å²) in [5.74, 6) is -0.931. The van der Waals surface area contributed by atoms with Crippen LogP contribution in [0, 0.1) is 0 Å². The van der Waals surface area contributed by atoms with E-state index in [2.05, 4.69) is 6.92 Å². The Morgan fingerprint density at radius 1 is 1.11 bits per heavy atom. The van der Waals surface area contributed by atoms with E-state index in [1.54, 1.807) is 0 Å². The number of aromatic carboxylic acids is 1. The number of carboxylic acid groups (broad SMARTS) is 1. The normalized spacial score (nSPS) is 10.3. The maximum Gasteiger partial charge on any atom is 0.336 e. The van der Waals surface area contributed by atoms with Crippen LogP contribution in [0.2, 0.25) is 0 Å². The van der Waals surface area contributed by atoms with Crippen molar-refractivity contribution in [1.29, 1.82) is 0 Å². The lowest BCUT2D eigenvalue weighted by Crippen LogP contribution is -1.99. The van der Waals surface area contributed by atoms with Crippen molar-refractivity contribution in [3.8, 4) is 16.9 Å². The second kappa shape index (κ2) is 4.92. The average Bonchev–Trinajstić information content (AvgIpc) is 2.38. The van der Waals surface area contributed by atoms with E-state index in [0.717, 1.165) is 12.0 Å². The number of hydrogen-bond acceptors (Lipinski definition) is 2. The van der Waals surface area contributed by atoms with Crippen LogP contribution in [0.5, 0.6) is 5.75 Å². The van der Waals surface area contributed by atoms with Crippen molar-refractivity contribution in [2.45, 2.75) is 13.3 Å². The number of aryl methyl sites for hydroxylation is 1. The van der Waals surface area contributed by atoms with Crippen LogP contribution in [0.1, 0.15) is 22.8 Å². The highest BCUT2D eigenvalue weighted by Gasteiger charge is 2.12. The van der Waals surface area contributed by atoms with Crippen LogP contribution in [0.4, 0.5) is 0 Å². The van der Waals surface area contributed by atoms with Crippen LogP contribution in [0.25, 0.3) is 11.1 Å². The van der Waals surface area contributed by atoms with E-state index < -0.39 is 5.97 Å². The molecule has 3 heteroatoms. The number of carbonyl (C=O) groups is 1. The Bertz CT molecular complexity index is 571. The molecular formula is C15H14O3. The van der Waals surface area contributed by atoms with Gasteiger partial charge in [0.1, 0.15) is 5.75 Å². The molecule has 2 rings (SSSR count). The lowest BCUT2D eigenvalue weighted by molar-refractivity contribution is 0.0697. The summed E-state index contributed by atoms with van der Waals surface area (Å²) in [5, 5.41) is 18.6. The molecule has 0 heterocycles. The smallest absolute Gasteiger partial charge is 0.336 e. The Morgan fingerprint density at radius 2 is 1.78 bits per heavy atom. The number of aromatic hydroxyl groups is 1. The third kappa shape index (κ3) is 2.35. The molecule has 2 N–H and O–H groups in total. The zero-order chi connectivity index (χ0) is 13.1. The molecule has 92 valence electrons. The van der Waals surface area contributed by atoms with Gasteiger partial charge in [-0.3, -0.25) is 0 Å². The van der Waals surface area contributed by atoms with Gasteiger partial charge in [0.05, 0.1) is 5.56 Å². The van der Waals surface area contributed by atoms with Crippen LogP contribution in [-0.2, 0) is 6.42 Å². The number of rotatable bonds is 3. The van der Waals surface area contributed by atoms with Crippen LogP contribution in [0.3, 0.4) is 0 Å². The molecule has 18 heavy (non-hydrogen) atoms. The van der Waals surface area contributed by atoms with Gasteiger partial charge in [-0.05, 0) is 41.3 Å². The van der Waals surface area contributed by atoms with Gasteiger partial charge in [0, 0.05) is 0 Å². The number of benzene rings is 2. The summed E-state index contributed by atoms with van der Waals surface area (Å²) in [6.45, 7) is 2.06. The first-order valence-electron chi connectivity index (χ1n) is 5.77. The van der Waals surface area contributed by atoms with Crippen LogP contribution in [0.15, 0.2) is 42.5 Å². The summed E-state index contributed by atoms with van der Waals surface area (Å²) in [6, 6.07) is 12.0. The van der Waals surface area contributed by atoms with Gasteiger partial charge >= 0.3 is 5.97 Å². The second-order valence-corrected chi connectivity index (χ2v) is 4.09. The zero-order valence-electron chi connectivity index (χ0n) is 10.1. The predicted molar refractivity (Wildman–Crippen MR) is 69.9 cm³/mol. The highest BCUT2D eigenvalue weighted by molar-refractivity contribution is 5.96. The molecule has 0 aromatic heterocycles. The molecule has 0 amide bonds. The van der Waals surface area contributed by atoms with Gasteiger partial charge < -0.3 is 10.2 Å². The molecule has 0 saturated heterocycles. The molecule has 0 saturated carbocycles. The first kappa shape index (κ1) is 12.2. The topological polar surface area (TPSA) is 57.5 Å². The van der Waals surface area contributed by atoms with Gasteiger partial charge in [-0.15, -0.1) is 0 Å². The fourth-order valence-corrected chi connectivity index (χ4v) is 1.88. The molecule has 0 unspecified atom stereocenters. The number of phenolic OH excluding ortho intramolecular Hbond substituents is 1. The van der Waals surface area contributed by atoms with Gasteiger partial charge in [-0.1, -0.05) is 31.2 Å². The van der Waals surface area contributed by atoms with Gasteiger partial charge in [-0.25, -0.2) is 4.79 Å². The van der Waals surface area contributed by atoms with E-state index in [4.69, 9.17) is 5.11 Å². The van der Waals surface area contributed by atoms with E-state index in [9.17, 15) is 9.90 Å². The van der Waals surface area contributed by atoms with Gasteiger partial charge in [0.15, 0.2) is 0 Å². The van der Waals surface area contributed by atoms with Crippen molar-refractivity contribution in [2.75, 3.05) is 0 Å². The molecule has 0 bridgehead atoms. The van der Waals surface area contributed by atoms with E-state index in [-0.39, 0.29) is 11.3 Å². The van der Waals surface area contributed by atoms with Crippen molar-refractivity contribution in [1.82, 2.24) is 0 Å². The highest BCUT2D eigenvalue weighted by atomic mass is 16.4. The molecular weight excluding hydrogens is 228 g/mol. The Hall–Kier alpha value is -2.29. The fourth-order valence-electron chi connectivity index (χ4n) is 1.88. The standard InChI is InChI=1S/C15H14O3/c1-2-10-3-5-11(6-4-10)14-9-12(16)7-8-13(14)15(17)18/h3-9,16H,2H2,1H3,(H,17,18). The fraction of sp³-hybridized carbons (Fsp3) is 0.133. The summed E-state index contributed by atoms with van der Waals surface area (Å²) in [4.78, 5) is 11.1. The maximum atomic E-state index is 11.1. The summed E-state index contributed by atoms with van der Waals surface area (Å²) in [6.07, 6.45) is 0.937. The number of carboxylic acids is 1. The Balaban J connectivity index is 2.54. The van der Waals surface area contributed by atoms with Gasteiger partial charge in [0.25, 0.3) is 0 Å². The lowest BCUT2D eigenvalue weighted by atomic mass is 9.98. The molecule has 0 spiro atoms. The minimum absolute atomic E-state index is 0.0644. The molecule has 0 atom stereocenters. The molecule has 0 radical (unpaired) electrons. The minimum atomic E-state index is -0.996. The molecule has 2 aromatic carbocycles. The Kier molecular flexibility index (Phi) is 3.33. The summed E-state index contributed by atoms with van der Waals surface area (Å²) < 4.78 is 0. The van der Waals surface area contributed by atoms with Crippen molar-refractivity contribution < 1.29 is 15.0 Å². The molecule has 0 aliphatic carbocycles. The first-order chi connectivity index (χ1) is 8.61. The SMILES string of the molecule is CCc1ccc(-c2cc(O)ccc2C(=O)O)cc1. The second-order valence-electron chi connectivity index (χ2n) is 4.09. The predicted octanol–water partition coefficient (Wildman–Crippen LogP) is 3.32.